The van der Waals surface area contributed by atoms with E-state index < -0.39 is 40.1 Å². The van der Waals surface area contributed by atoms with Gasteiger partial charge in [-0.3, -0.25) is 9.10 Å². The van der Waals surface area contributed by atoms with Gasteiger partial charge in [0.15, 0.2) is 0 Å². The molecule has 47 heavy (non-hydrogen) atoms. The minimum Gasteiger partial charge on any atom is -0.494 e. The minimum absolute atomic E-state index is 0.0272. The highest BCUT2D eigenvalue weighted by atomic mass is 32.3. The molecule has 0 bridgehead atoms. The van der Waals surface area contributed by atoms with E-state index in [4.69, 9.17) is 20.2 Å². The molecule has 23 heteroatoms. The van der Waals surface area contributed by atoms with Gasteiger partial charge >= 0.3 is 0 Å². The number of rotatable bonds is 8. The fourth-order valence-electron chi connectivity index (χ4n) is 3.78. The summed E-state index contributed by atoms with van der Waals surface area (Å²) in [5.74, 6) is 0.723. The zero-order valence-corrected chi connectivity index (χ0v) is 29.7. The second-order valence-electron chi connectivity index (χ2n) is 9.61. The Kier molecular flexibility index (Phi) is 12.5. The number of fused-ring (bicyclic) bond motifs is 1. The van der Waals surface area contributed by atoms with Crippen LogP contribution in [0.5, 0.6) is 5.75 Å². The number of Topliss-reactive ketones (excluding diaryl/α,β-unsaturated/α-hetero) is 1. The van der Waals surface area contributed by atoms with E-state index in [1.165, 1.54) is 35.5 Å². The van der Waals surface area contributed by atoms with Gasteiger partial charge < -0.3 is 4.74 Å². The first-order valence-corrected chi connectivity index (χ1v) is 21.1. The molecule has 0 atom stereocenters. The lowest BCUT2D eigenvalue weighted by Gasteiger charge is -2.28. The molecule has 1 aliphatic rings. The molecule has 2 aromatic carbocycles. The Bertz CT molecular complexity index is 2170. The zero-order valence-electron chi connectivity index (χ0n) is 24.8. The summed E-state index contributed by atoms with van der Waals surface area (Å²) in [5, 5.41) is 22.0. The molecule has 4 aromatic rings. The normalized spacial score (nSPS) is 14.8. The van der Waals surface area contributed by atoms with Gasteiger partial charge in [0.1, 0.15) is 16.5 Å². The number of hydrogen-bond donors (Lipinski definition) is 3. The fourth-order valence-corrected chi connectivity index (χ4v) is 9.17. The summed E-state index contributed by atoms with van der Waals surface area (Å²) < 4.78 is 96.6. The molecule has 0 amide bonds. The third kappa shape index (κ3) is 11.2. The lowest BCUT2D eigenvalue weighted by molar-refractivity contribution is -0.116. The van der Waals surface area contributed by atoms with Crippen molar-refractivity contribution < 1.29 is 43.2 Å². The van der Waals surface area contributed by atoms with Gasteiger partial charge in [-0.15, -0.1) is 21.5 Å². The molecule has 0 aliphatic carbocycles. The number of aromatic nitrogens is 3. The van der Waals surface area contributed by atoms with Crippen LogP contribution in [-0.2, 0) is 51.3 Å². The minimum atomic E-state index is -3.78. The predicted molar refractivity (Wildman–Crippen MR) is 176 cm³/mol. The first kappa shape index (κ1) is 38.3. The number of carbonyl (C=O) groups is 1. The van der Waals surface area contributed by atoms with Crippen LogP contribution in [0.1, 0.15) is 31.7 Å². The molecule has 17 nitrogen and oxygen atoms in total. The molecular weight excluding hydrogens is 739 g/mol. The van der Waals surface area contributed by atoms with Crippen molar-refractivity contribution in [2.24, 2.45) is 15.4 Å². The molecule has 3 heterocycles. The molecule has 0 radical (unpaired) electrons. The fraction of sp³-hybridized carbons (Fsp3) is 0.333. The highest BCUT2D eigenvalue weighted by molar-refractivity contribution is 7.93. The van der Waals surface area contributed by atoms with Gasteiger partial charge in [0.05, 0.1) is 39.6 Å². The first-order chi connectivity index (χ1) is 21.7. The number of carbonyl (C=O) groups excluding carboxylic acids is 1. The number of benzene rings is 2. The van der Waals surface area contributed by atoms with Crippen LogP contribution in [0.25, 0.3) is 10.2 Å². The van der Waals surface area contributed by atoms with Crippen molar-refractivity contribution in [1.82, 2.24) is 15.2 Å². The van der Waals surface area contributed by atoms with E-state index in [0.29, 0.717) is 41.5 Å². The summed E-state index contributed by atoms with van der Waals surface area (Å²) in [6.07, 6.45) is 1.55. The van der Waals surface area contributed by atoms with Crippen LogP contribution in [0.4, 0.5) is 5.69 Å². The van der Waals surface area contributed by atoms with Crippen molar-refractivity contribution in [3.05, 3.63) is 47.5 Å². The molecule has 1 fully saturated rings. The average molecular weight is 770 g/mol. The Balaban J connectivity index is 0.000000194. The number of hydrogen-bond acceptors (Lipinski definition) is 15. The van der Waals surface area contributed by atoms with E-state index in [1.54, 1.807) is 18.2 Å². The second-order valence-corrected chi connectivity index (χ2v) is 18.7. The van der Waals surface area contributed by atoms with Crippen molar-refractivity contribution in [3.63, 3.8) is 0 Å². The average Bonchev–Trinajstić information content (AvgIpc) is 3.60. The predicted octanol–water partition coefficient (Wildman–Crippen LogP) is 0.923. The highest BCUT2D eigenvalue weighted by Gasteiger charge is 2.26. The Morgan fingerprint density at radius 3 is 2.04 bits per heavy atom. The van der Waals surface area contributed by atoms with Crippen molar-refractivity contribution in [3.8, 4) is 5.75 Å². The quantitative estimate of drug-likeness (QED) is 0.225. The molecule has 1 saturated heterocycles. The number of nitrogens with zero attached hydrogens (tertiary/aromatic N) is 4. The van der Waals surface area contributed by atoms with Gasteiger partial charge in [0.25, 0.3) is 20.0 Å². The summed E-state index contributed by atoms with van der Waals surface area (Å²) >= 11 is 1.85. The van der Waals surface area contributed by atoms with Crippen LogP contribution in [0.15, 0.2) is 56.0 Å². The number of sulfonamides is 4. The van der Waals surface area contributed by atoms with E-state index in [2.05, 4.69) is 15.2 Å². The zero-order chi connectivity index (χ0) is 35.2. The van der Waals surface area contributed by atoms with E-state index in [9.17, 15) is 38.5 Å². The lowest BCUT2D eigenvalue weighted by atomic mass is 10.3. The Morgan fingerprint density at radius 2 is 1.53 bits per heavy atom. The maximum Gasteiger partial charge on any atom is 0.267 e. The SMILES string of the molecule is CC(=O)Cc1nnc(S(N)(=O)=O)s1.CCOc1ccc2nc(S(N)(=O)=O)sc2c1.NS(=O)(=O)c1ccc(N2CCCCS2(=O)=O)cc1. The van der Waals surface area contributed by atoms with Crippen LogP contribution in [0.2, 0.25) is 0 Å². The summed E-state index contributed by atoms with van der Waals surface area (Å²) in [7, 11) is -14.5. The third-order valence-electron chi connectivity index (χ3n) is 5.79. The molecule has 2 aromatic heterocycles. The monoisotopic (exact) mass is 769 g/mol. The molecule has 0 spiro atoms. The van der Waals surface area contributed by atoms with Gasteiger partial charge in [-0.2, -0.15) is 0 Å². The Morgan fingerprint density at radius 1 is 0.894 bits per heavy atom. The molecule has 0 unspecified atom stereocenters. The molecular formula is C24H31N7O10S6. The standard InChI is InChI=1S/C10H14N2O4S2.C9H10N2O3S2.C5H7N3O3S2/c11-18(15,16)10-5-3-9(4-6-10)12-7-1-2-8-17(12,13)14;1-2-14-6-3-4-7-8(5-6)15-9(11-7)16(10,12)13;1-3(9)2-4-7-8-5(12-4)13(6,10)11/h3-6H,1-2,7-8H2,(H2,11,15,16);3-5H,2H2,1H3,(H2,10,12,13);2H2,1H3,(H2,6,10,11). The van der Waals surface area contributed by atoms with Gasteiger partial charge in [-0.05, 0) is 69.2 Å². The lowest BCUT2D eigenvalue weighted by Crippen LogP contribution is -2.37. The van der Waals surface area contributed by atoms with Gasteiger partial charge in [0.2, 0.25) is 28.7 Å². The van der Waals surface area contributed by atoms with Crippen molar-refractivity contribution >= 4 is 84.5 Å². The summed E-state index contributed by atoms with van der Waals surface area (Å²) in [5.41, 5.74) is 1.08. The summed E-state index contributed by atoms with van der Waals surface area (Å²) in [6.45, 7) is 4.26. The molecule has 258 valence electrons. The summed E-state index contributed by atoms with van der Waals surface area (Å²) in [4.78, 5) is 14.5. The molecule has 5 rings (SSSR count). The number of thiazole rings is 1. The van der Waals surface area contributed by atoms with E-state index in [0.717, 1.165) is 33.8 Å². The van der Waals surface area contributed by atoms with Crippen LogP contribution in [0.3, 0.4) is 0 Å². The maximum absolute atomic E-state index is 11.8. The number of ketones is 1. The second kappa shape index (κ2) is 15.4. The smallest absolute Gasteiger partial charge is 0.267 e. The Hall–Kier alpha value is -3.16. The van der Waals surface area contributed by atoms with E-state index in [-0.39, 0.29) is 31.5 Å². The molecule has 0 saturated carbocycles. The Labute approximate surface area is 280 Å². The van der Waals surface area contributed by atoms with Crippen LogP contribution >= 0.6 is 22.7 Å². The molecule has 1 aliphatic heterocycles. The number of nitrogens with two attached hydrogens (primary N) is 3. The van der Waals surface area contributed by atoms with Crippen molar-refractivity contribution in [1.29, 1.82) is 0 Å². The van der Waals surface area contributed by atoms with Crippen LogP contribution in [0, 0.1) is 0 Å². The topological polar surface area (TPSA) is 283 Å². The number of ether oxygens (including phenoxy) is 1. The highest BCUT2D eigenvalue weighted by Crippen LogP contribution is 2.28. The largest absolute Gasteiger partial charge is 0.494 e. The maximum atomic E-state index is 11.8. The summed E-state index contributed by atoms with van der Waals surface area (Å²) in [6, 6.07) is 10.8. The van der Waals surface area contributed by atoms with Crippen LogP contribution in [-0.4, -0.2) is 73.5 Å². The van der Waals surface area contributed by atoms with E-state index in [1.807, 2.05) is 6.92 Å². The van der Waals surface area contributed by atoms with Gasteiger partial charge in [-0.25, -0.2) is 54.1 Å². The third-order valence-corrected chi connectivity index (χ3v) is 13.2. The number of anilines is 1. The van der Waals surface area contributed by atoms with E-state index >= 15 is 0 Å². The van der Waals surface area contributed by atoms with Gasteiger partial charge in [-0.1, -0.05) is 11.3 Å². The van der Waals surface area contributed by atoms with Gasteiger partial charge in [0, 0.05) is 6.54 Å². The molecule has 6 N–H and O–H groups in total. The number of primary sulfonamides is 3. The van der Waals surface area contributed by atoms with Crippen molar-refractivity contribution in [2.45, 2.75) is 46.7 Å². The van der Waals surface area contributed by atoms with Crippen molar-refractivity contribution in [2.75, 3.05) is 23.2 Å². The van der Waals surface area contributed by atoms with Crippen LogP contribution < -0.4 is 24.5 Å². The first-order valence-electron chi connectivity index (χ1n) is 13.2.